The molecule has 7 nitrogen and oxygen atoms in total. The third-order valence-corrected chi connectivity index (χ3v) is 5.59. The largest absolute Gasteiger partial charge is 0.347 e. The molecule has 3 heterocycles. The quantitative estimate of drug-likeness (QED) is 0.697. The number of nitrogens with one attached hydrogen (secondary N) is 1. The minimum Gasteiger partial charge on any atom is -0.347 e. The van der Waals surface area contributed by atoms with Gasteiger partial charge in [0.15, 0.2) is 0 Å². The van der Waals surface area contributed by atoms with Gasteiger partial charge in [0.2, 0.25) is 17.8 Å². The van der Waals surface area contributed by atoms with Gasteiger partial charge in [-0.15, -0.1) is 5.10 Å². The van der Waals surface area contributed by atoms with Crippen molar-refractivity contribution in [2.45, 2.75) is 38.3 Å². The molecule has 1 fully saturated rings. The molecule has 1 saturated heterocycles. The summed E-state index contributed by atoms with van der Waals surface area (Å²) < 4.78 is 1.80. The number of aryl methyl sites for hydroxylation is 1. The van der Waals surface area contributed by atoms with Crippen LogP contribution in [0, 0.1) is 6.92 Å². The van der Waals surface area contributed by atoms with Gasteiger partial charge in [0.05, 0.1) is 12.1 Å². The van der Waals surface area contributed by atoms with Gasteiger partial charge in [0.1, 0.15) is 0 Å². The first-order chi connectivity index (χ1) is 14.1. The van der Waals surface area contributed by atoms with E-state index in [1.807, 2.05) is 18.2 Å². The smallest absolute Gasteiger partial charge is 0.260 e. The first-order valence-electron chi connectivity index (χ1n) is 9.80. The van der Waals surface area contributed by atoms with Crippen molar-refractivity contribution in [2.75, 3.05) is 10.2 Å². The molecule has 3 aromatic rings. The number of fused-ring (bicyclic) bond motifs is 1. The molecule has 2 amide bonds. The fraction of sp³-hybridized carbons (Fsp3) is 0.273. The molecule has 7 heteroatoms. The molecular formula is C22H21N5O2. The number of aromatic nitrogens is 3. The summed E-state index contributed by atoms with van der Waals surface area (Å²) in [4.78, 5) is 30.0. The summed E-state index contributed by atoms with van der Waals surface area (Å²) in [5, 5.41) is 8.01. The normalized spacial score (nSPS) is 21.2. The summed E-state index contributed by atoms with van der Waals surface area (Å²) in [6.45, 7) is 2.06. The Kier molecular flexibility index (Phi) is 4.16. The minimum absolute atomic E-state index is 0.0499. The van der Waals surface area contributed by atoms with E-state index in [9.17, 15) is 9.59 Å². The lowest BCUT2D eigenvalue weighted by molar-refractivity contribution is -0.121. The van der Waals surface area contributed by atoms with E-state index in [2.05, 4.69) is 58.7 Å². The SMILES string of the molecule is Cc1ccc([C@H]2C[C@@H](c3ccccc3)Nc3nc(N4C(=O)CCC4=O)nn32)cc1. The van der Waals surface area contributed by atoms with E-state index < -0.39 is 0 Å². The second-order valence-electron chi connectivity index (χ2n) is 7.57. The molecule has 5 rings (SSSR count). The zero-order valence-electron chi connectivity index (χ0n) is 16.1. The molecule has 0 radical (unpaired) electrons. The van der Waals surface area contributed by atoms with Gasteiger partial charge >= 0.3 is 0 Å². The predicted molar refractivity (Wildman–Crippen MR) is 108 cm³/mol. The highest BCUT2D eigenvalue weighted by atomic mass is 16.2. The molecule has 1 N–H and O–H groups in total. The average Bonchev–Trinajstić information content (AvgIpc) is 3.30. The van der Waals surface area contributed by atoms with Crippen molar-refractivity contribution in [1.82, 2.24) is 14.8 Å². The molecule has 0 unspecified atom stereocenters. The van der Waals surface area contributed by atoms with E-state index in [4.69, 9.17) is 0 Å². The predicted octanol–water partition coefficient (Wildman–Crippen LogP) is 3.39. The molecule has 0 aliphatic carbocycles. The number of carbonyl (C=O) groups is 2. The Labute approximate surface area is 168 Å². The van der Waals surface area contributed by atoms with Crippen molar-refractivity contribution < 1.29 is 9.59 Å². The summed E-state index contributed by atoms with van der Waals surface area (Å²) in [6, 6.07) is 18.6. The highest BCUT2D eigenvalue weighted by Gasteiger charge is 2.37. The molecule has 0 bridgehead atoms. The monoisotopic (exact) mass is 387 g/mol. The van der Waals surface area contributed by atoms with Gasteiger partial charge in [-0.3, -0.25) is 9.59 Å². The fourth-order valence-corrected chi connectivity index (χ4v) is 4.03. The van der Waals surface area contributed by atoms with Gasteiger partial charge in [-0.25, -0.2) is 9.58 Å². The van der Waals surface area contributed by atoms with E-state index in [-0.39, 0.29) is 42.7 Å². The molecule has 2 aromatic carbocycles. The van der Waals surface area contributed by atoms with Crippen LogP contribution in [0.3, 0.4) is 0 Å². The highest BCUT2D eigenvalue weighted by molar-refractivity contribution is 6.18. The van der Waals surface area contributed by atoms with Crippen LogP contribution in [0.4, 0.5) is 11.9 Å². The Morgan fingerprint density at radius 3 is 2.31 bits per heavy atom. The number of hydrogen-bond donors (Lipinski definition) is 1. The first-order valence-corrected chi connectivity index (χ1v) is 9.80. The van der Waals surface area contributed by atoms with Crippen molar-refractivity contribution in [1.29, 1.82) is 0 Å². The van der Waals surface area contributed by atoms with Crippen LogP contribution in [0.2, 0.25) is 0 Å². The molecule has 1 aromatic heterocycles. The standard InChI is InChI=1S/C22H21N5O2/c1-14-7-9-16(10-8-14)18-13-17(15-5-3-2-4-6-15)23-21-24-22(25-27(18)21)26-19(28)11-12-20(26)29/h2-10,17-18H,11-13H2,1H3,(H,23,24,25)/t17-,18+/m0/s1. The maximum atomic E-state index is 12.2. The topological polar surface area (TPSA) is 80.1 Å². The maximum absolute atomic E-state index is 12.2. The van der Waals surface area contributed by atoms with Gasteiger partial charge in [0.25, 0.3) is 5.95 Å². The fourth-order valence-electron chi connectivity index (χ4n) is 4.03. The second-order valence-corrected chi connectivity index (χ2v) is 7.57. The molecule has 0 spiro atoms. The van der Waals surface area contributed by atoms with Gasteiger partial charge < -0.3 is 5.32 Å². The summed E-state index contributed by atoms with van der Waals surface area (Å²) in [7, 11) is 0. The van der Waals surface area contributed by atoms with Crippen molar-refractivity contribution in [3.05, 3.63) is 71.3 Å². The van der Waals surface area contributed by atoms with Gasteiger partial charge in [-0.05, 0) is 24.5 Å². The van der Waals surface area contributed by atoms with Gasteiger partial charge in [-0.1, -0.05) is 60.2 Å². The van der Waals surface area contributed by atoms with Crippen molar-refractivity contribution in [2.24, 2.45) is 0 Å². The lowest BCUT2D eigenvalue weighted by atomic mass is 9.93. The minimum atomic E-state index is -0.246. The zero-order chi connectivity index (χ0) is 20.0. The van der Waals surface area contributed by atoms with E-state index >= 15 is 0 Å². The van der Waals surface area contributed by atoms with Crippen LogP contribution in [0.25, 0.3) is 0 Å². The van der Waals surface area contributed by atoms with E-state index in [1.165, 1.54) is 5.56 Å². The third-order valence-electron chi connectivity index (χ3n) is 5.59. The molecule has 2 aliphatic rings. The van der Waals surface area contributed by atoms with Crippen LogP contribution in [-0.2, 0) is 9.59 Å². The van der Waals surface area contributed by atoms with E-state index in [1.54, 1.807) is 4.68 Å². The Balaban J connectivity index is 1.58. The number of nitrogens with zero attached hydrogens (tertiary/aromatic N) is 4. The van der Waals surface area contributed by atoms with Crippen LogP contribution < -0.4 is 10.2 Å². The van der Waals surface area contributed by atoms with E-state index in [0.717, 1.165) is 22.4 Å². The molecule has 2 atom stereocenters. The zero-order valence-corrected chi connectivity index (χ0v) is 16.1. The third kappa shape index (κ3) is 3.08. The Bertz CT molecular complexity index is 1060. The second kappa shape index (κ2) is 6.84. The van der Waals surface area contributed by atoms with Crippen molar-refractivity contribution in [3.63, 3.8) is 0 Å². The van der Waals surface area contributed by atoms with Crippen molar-refractivity contribution >= 4 is 23.7 Å². The summed E-state index contributed by atoms with van der Waals surface area (Å²) >= 11 is 0. The maximum Gasteiger partial charge on any atom is 0.260 e. The number of rotatable bonds is 3. The van der Waals surface area contributed by atoms with Crippen molar-refractivity contribution in [3.8, 4) is 0 Å². The summed E-state index contributed by atoms with van der Waals surface area (Å²) in [5.41, 5.74) is 3.47. The number of carbonyl (C=O) groups excluding carboxylic acids is 2. The lowest BCUT2D eigenvalue weighted by Gasteiger charge is -2.31. The van der Waals surface area contributed by atoms with E-state index in [0.29, 0.717) is 5.95 Å². The lowest BCUT2D eigenvalue weighted by Crippen LogP contribution is -2.30. The first kappa shape index (κ1) is 17.6. The molecule has 0 saturated carbocycles. The van der Waals surface area contributed by atoms with Gasteiger partial charge in [0, 0.05) is 12.8 Å². The number of imide groups is 1. The Hall–Kier alpha value is -3.48. The van der Waals surface area contributed by atoms with Crippen LogP contribution >= 0.6 is 0 Å². The van der Waals surface area contributed by atoms with Crippen LogP contribution in [0.5, 0.6) is 0 Å². The van der Waals surface area contributed by atoms with Crippen LogP contribution in [-0.4, -0.2) is 26.6 Å². The van der Waals surface area contributed by atoms with Crippen LogP contribution in [0.1, 0.15) is 48.0 Å². The number of hydrogen-bond acceptors (Lipinski definition) is 5. The highest BCUT2D eigenvalue weighted by Crippen LogP contribution is 2.39. The molecular weight excluding hydrogens is 366 g/mol. The Morgan fingerprint density at radius 2 is 1.62 bits per heavy atom. The van der Waals surface area contributed by atoms with Crippen LogP contribution in [0.15, 0.2) is 54.6 Å². The molecule has 29 heavy (non-hydrogen) atoms. The summed E-state index contributed by atoms with van der Waals surface area (Å²) in [6.07, 6.45) is 1.21. The Morgan fingerprint density at radius 1 is 0.931 bits per heavy atom. The average molecular weight is 387 g/mol. The number of amides is 2. The molecule has 2 aliphatic heterocycles. The summed E-state index contributed by atoms with van der Waals surface area (Å²) in [5.74, 6) is 0.234. The number of anilines is 2. The van der Waals surface area contributed by atoms with Gasteiger partial charge in [-0.2, -0.15) is 4.98 Å². The number of benzene rings is 2. The molecule has 146 valence electrons.